The van der Waals surface area contributed by atoms with Crippen LogP contribution in [0.4, 0.5) is 0 Å². The number of aromatic carboxylic acids is 1. The summed E-state index contributed by atoms with van der Waals surface area (Å²) in [6.45, 7) is 4.84. The van der Waals surface area contributed by atoms with Crippen molar-refractivity contribution in [2.45, 2.75) is 26.3 Å². The number of ether oxygens (including phenoxy) is 1. The normalized spacial score (nSPS) is 15.4. The Morgan fingerprint density at radius 3 is 2.41 bits per heavy atom. The van der Waals surface area contributed by atoms with E-state index in [0.717, 1.165) is 32.5 Å². The molecule has 1 aliphatic heterocycles. The third-order valence-corrected chi connectivity index (χ3v) is 5.01. The Morgan fingerprint density at radius 1 is 1.07 bits per heavy atom. The maximum Gasteiger partial charge on any atom is 0.336 e. The Kier molecular flexibility index (Phi) is 6.24. The summed E-state index contributed by atoms with van der Waals surface area (Å²) in [6, 6.07) is 15.0. The van der Waals surface area contributed by atoms with Crippen molar-refractivity contribution >= 4 is 11.8 Å². The number of rotatable bonds is 7. The molecule has 1 aliphatic rings. The van der Waals surface area contributed by atoms with Gasteiger partial charge in [-0.15, -0.1) is 0 Å². The number of carbonyl (C=O) groups excluding carboxylic acids is 1. The van der Waals surface area contributed by atoms with Crippen LogP contribution in [0.2, 0.25) is 0 Å². The van der Waals surface area contributed by atoms with Crippen molar-refractivity contribution < 1.29 is 19.4 Å². The fraction of sp³-hybridized carbons (Fsp3) is 0.364. The first-order valence-electron chi connectivity index (χ1n) is 9.39. The van der Waals surface area contributed by atoms with E-state index < -0.39 is 5.97 Å². The molecule has 2 aromatic carbocycles. The fourth-order valence-corrected chi connectivity index (χ4v) is 3.59. The van der Waals surface area contributed by atoms with Gasteiger partial charge in [0.15, 0.2) is 5.78 Å². The number of carbonyl (C=O) groups is 2. The van der Waals surface area contributed by atoms with Crippen LogP contribution in [-0.4, -0.2) is 41.5 Å². The van der Waals surface area contributed by atoms with Crippen LogP contribution in [0.5, 0.6) is 5.75 Å². The van der Waals surface area contributed by atoms with E-state index in [0.29, 0.717) is 12.4 Å². The molecule has 27 heavy (non-hydrogen) atoms. The van der Waals surface area contributed by atoms with Crippen molar-refractivity contribution in [3.8, 4) is 5.75 Å². The first-order chi connectivity index (χ1) is 13.1. The molecule has 1 heterocycles. The summed E-state index contributed by atoms with van der Waals surface area (Å²) in [7, 11) is 0. The van der Waals surface area contributed by atoms with Crippen molar-refractivity contribution in [2.75, 3.05) is 19.7 Å². The molecule has 0 radical (unpaired) electrons. The van der Waals surface area contributed by atoms with Crippen LogP contribution in [-0.2, 0) is 6.54 Å². The summed E-state index contributed by atoms with van der Waals surface area (Å²) >= 11 is 0. The van der Waals surface area contributed by atoms with Crippen molar-refractivity contribution in [3.63, 3.8) is 0 Å². The molecule has 1 saturated heterocycles. The van der Waals surface area contributed by atoms with E-state index in [1.807, 2.05) is 25.1 Å². The van der Waals surface area contributed by atoms with Gasteiger partial charge in [-0.3, -0.25) is 9.69 Å². The summed E-state index contributed by atoms with van der Waals surface area (Å²) in [5, 5.41) is 9.50. The molecule has 1 N–H and O–H groups in total. The standard InChI is InChI=1S/C22H25NO4/c1-2-27-18-8-9-19(20(14-18)22(25)26)21(24)17-10-12-23(13-11-17)15-16-6-4-3-5-7-16/h3-9,14,17H,2,10-13,15H2,1H3,(H,25,26). The van der Waals surface area contributed by atoms with Gasteiger partial charge >= 0.3 is 5.97 Å². The van der Waals surface area contributed by atoms with Crippen molar-refractivity contribution in [3.05, 3.63) is 65.2 Å². The largest absolute Gasteiger partial charge is 0.494 e. The highest BCUT2D eigenvalue weighted by Crippen LogP contribution is 2.26. The number of likely N-dealkylation sites (tertiary alicyclic amines) is 1. The molecule has 0 atom stereocenters. The van der Waals surface area contributed by atoms with Crippen LogP contribution in [0.1, 0.15) is 46.0 Å². The minimum atomic E-state index is -1.10. The SMILES string of the molecule is CCOc1ccc(C(=O)C2CCN(Cc3ccccc3)CC2)c(C(=O)O)c1. The minimum Gasteiger partial charge on any atom is -0.494 e. The summed E-state index contributed by atoms with van der Waals surface area (Å²) in [5.74, 6) is -0.826. The highest BCUT2D eigenvalue weighted by molar-refractivity contribution is 6.07. The second-order valence-electron chi connectivity index (χ2n) is 6.85. The predicted octanol–water partition coefficient (Wildman–Crippen LogP) is 3.88. The van der Waals surface area contributed by atoms with Crippen LogP contribution in [0.25, 0.3) is 0 Å². The lowest BCUT2D eigenvalue weighted by atomic mass is 9.87. The summed E-state index contributed by atoms with van der Waals surface area (Å²) in [6.07, 6.45) is 1.50. The third-order valence-electron chi connectivity index (χ3n) is 5.01. The first-order valence-corrected chi connectivity index (χ1v) is 9.39. The van der Waals surface area contributed by atoms with E-state index in [9.17, 15) is 14.7 Å². The van der Waals surface area contributed by atoms with Gasteiger partial charge in [-0.05, 0) is 56.6 Å². The van der Waals surface area contributed by atoms with E-state index in [2.05, 4.69) is 17.0 Å². The van der Waals surface area contributed by atoms with Gasteiger partial charge in [0.2, 0.25) is 0 Å². The molecule has 5 nitrogen and oxygen atoms in total. The van der Waals surface area contributed by atoms with E-state index in [-0.39, 0.29) is 22.8 Å². The molecule has 0 spiro atoms. The van der Waals surface area contributed by atoms with Crippen molar-refractivity contribution in [1.82, 2.24) is 4.90 Å². The van der Waals surface area contributed by atoms with E-state index in [1.54, 1.807) is 12.1 Å². The van der Waals surface area contributed by atoms with Gasteiger partial charge in [0, 0.05) is 18.0 Å². The molecular weight excluding hydrogens is 342 g/mol. The van der Waals surface area contributed by atoms with Crippen LogP contribution in [0.3, 0.4) is 0 Å². The lowest BCUT2D eigenvalue weighted by Gasteiger charge is -2.31. The van der Waals surface area contributed by atoms with Gasteiger partial charge in [0.25, 0.3) is 0 Å². The molecule has 5 heteroatoms. The van der Waals surface area contributed by atoms with E-state index in [4.69, 9.17) is 4.74 Å². The van der Waals surface area contributed by atoms with Crippen molar-refractivity contribution in [1.29, 1.82) is 0 Å². The smallest absolute Gasteiger partial charge is 0.336 e. The van der Waals surface area contributed by atoms with E-state index in [1.165, 1.54) is 11.6 Å². The van der Waals surface area contributed by atoms with Gasteiger partial charge < -0.3 is 9.84 Å². The number of piperidine rings is 1. The lowest BCUT2D eigenvalue weighted by Crippen LogP contribution is -2.36. The molecule has 0 bridgehead atoms. The summed E-state index contributed by atoms with van der Waals surface area (Å²) < 4.78 is 5.37. The third kappa shape index (κ3) is 4.74. The summed E-state index contributed by atoms with van der Waals surface area (Å²) in [5.41, 5.74) is 1.58. The average molecular weight is 367 g/mol. The van der Waals surface area contributed by atoms with Gasteiger partial charge in [-0.2, -0.15) is 0 Å². The molecule has 0 aromatic heterocycles. The zero-order valence-electron chi connectivity index (χ0n) is 15.6. The Balaban J connectivity index is 1.66. The number of nitrogens with zero attached hydrogens (tertiary/aromatic N) is 1. The Labute approximate surface area is 159 Å². The number of hydrogen-bond donors (Lipinski definition) is 1. The number of benzene rings is 2. The molecule has 0 amide bonds. The average Bonchev–Trinajstić information content (AvgIpc) is 2.69. The van der Waals surface area contributed by atoms with E-state index >= 15 is 0 Å². The zero-order chi connectivity index (χ0) is 19.2. The Bertz CT molecular complexity index is 795. The molecule has 2 aromatic rings. The molecular formula is C22H25NO4. The van der Waals surface area contributed by atoms with Gasteiger partial charge in [-0.25, -0.2) is 4.79 Å². The number of hydrogen-bond acceptors (Lipinski definition) is 4. The fourth-order valence-electron chi connectivity index (χ4n) is 3.59. The second kappa shape index (κ2) is 8.82. The second-order valence-corrected chi connectivity index (χ2v) is 6.85. The highest BCUT2D eigenvalue weighted by atomic mass is 16.5. The maximum absolute atomic E-state index is 12.9. The summed E-state index contributed by atoms with van der Waals surface area (Å²) in [4.78, 5) is 26.9. The van der Waals surface area contributed by atoms with Crippen molar-refractivity contribution in [2.24, 2.45) is 5.92 Å². The number of ketones is 1. The molecule has 3 rings (SSSR count). The molecule has 0 saturated carbocycles. The topological polar surface area (TPSA) is 66.8 Å². The number of carboxylic acid groups (broad SMARTS) is 1. The monoisotopic (exact) mass is 367 g/mol. The lowest BCUT2D eigenvalue weighted by molar-refractivity contribution is 0.0686. The van der Waals surface area contributed by atoms with Gasteiger partial charge in [0.05, 0.1) is 12.2 Å². The number of carboxylic acids is 1. The van der Waals surface area contributed by atoms with Crippen LogP contribution >= 0.6 is 0 Å². The Morgan fingerprint density at radius 2 is 1.78 bits per heavy atom. The maximum atomic E-state index is 12.9. The molecule has 0 unspecified atom stereocenters. The Hall–Kier alpha value is -2.66. The van der Waals surface area contributed by atoms with Gasteiger partial charge in [-0.1, -0.05) is 30.3 Å². The van der Waals surface area contributed by atoms with Crippen LogP contribution in [0.15, 0.2) is 48.5 Å². The molecule has 142 valence electrons. The molecule has 1 fully saturated rings. The predicted molar refractivity (Wildman–Crippen MR) is 103 cm³/mol. The van der Waals surface area contributed by atoms with Crippen LogP contribution < -0.4 is 4.74 Å². The number of Topliss-reactive ketones (excluding diaryl/α,β-unsaturated/α-hetero) is 1. The molecule has 0 aliphatic carbocycles. The van der Waals surface area contributed by atoms with Gasteiger partial charge in [0.1, 0.15) is 5.75 Å². The van der Waals surface area contributed by atoms with Crippen LogP contribution in [0, 0.1) is 5.92 Å². The zero-order valence-corrected chi connectivity index (χ0v) is 15.6. The first kappa shape index (κ1) is 19.1. The quantitative estimate of drug-likeness (QED) is 0.752. The highest BCUT2D eigenvalue weighted by Gasteiger charge is 2.28. The minimum absolute atomic E-state index is 0.0256.